The van der Waals surface area contributed by atoms with E-state index in [0.29, 0.717) is 30.9 Å². The number of hydrogen-bond donors (Lipinski definition) is 1. The maximum atomic E-state index is 12.5. The number of aromatic amines is 1. The summed E-state index contributed by atoms with van der Waals surface area (Å²) in [6, 6.07) is 10.2. The number of nitrogens with one attached hydrogen (secondary N) is 1. The van der Waals surface area contributed by atoms with Gasteiger partial charge in [-0.3, -0.25) is 0 Å². The standard InChI is InChI=1S/C25H29ClN4O2/c1-5-12-30(24(31)32-25(2,3)4)16-23-28-15-22(29-23)18-8-6-17(7-9-18)21-11-10-20(26)13-19(21)14-27/h6-11,15,20H,5,12-13,16H2,1-4H3,(H,28,29). The van der Waals surface area contributed by atoms with E-state index in [0.717, 1.165) is 28.8 Å². The molecule has 1 heterocycles. The van der Waals surface area contributed by atoms with Gasteiger partial charge in [0.25, 0.3) is 0 Å². The molecule has 1 N–H and O–H groups in total. The van der Waals surface area contributed by atoms with Crippen LogP contribution in [0.1, 0.15) is 51.9 Å². The first kappa shape index (κ1) is 23.6. The molecule has 0 spiro atoms. The molecule has 1 aromatic heterocycles. The van der Waals surface area contributed by atoms with Gasteiger partial charge in [-0.1, -0.05) is 43.3 Å². The van der Waals surface area contributed by atoms with Gasteiger partial charge in [-0.05, 0) is 43.9 Å². The van der Waals surface area contributed by atoms with Gasteiger partial charge in [-0.2, -0.15) is 5.26 Å². The van der Waals surface area contributed by atoms with Gasteiger partial charge < -0.3 is 14.6 Å². The van der Waals surface area contributed by atoms with Crippen LogP contribution < -0.4 is 0 Å². The molecule has 1 amide bonds. The van der Waals surface area contributed by atoms with Crippen molar-refractivity contribution in [2.75, 3.05) is 6.54 Å². The number of hydrogen-bond acceptors (Lipinski definition) is 4. The van der Waals surface area contributed by atoms with Gasteiger partial charge in [-0.15, -0.1) is 11.6 Å². The zero-order valence-electron chi connectivity index (χ0n) is 19.0. The van der Waals surface area contributed by atoms with Crippen LogP contribution in [0, 0.1) is 11.3 Å². The molecular weight excluding hydrogens is 424 g/mol. The quantitative estimate of drug-likeness (QED) is 0.539. The van der Waals surface area contributed by atoms with Crippen LogP contribution in [-0.2, 0) is 11.3 Å². The minimum atomic E-state index is -0.543. The third kappa shape index (κ3) is 6.02. The molecule has 168 valence electrons. The van der Waals surface area contributed by atoms with Crippen LogP contribution >= 0.6 is 11.6 Å². The Morgan fingerprint density at radius 1 is 1.31 bits per heavy atom. The molecular formula is C25H29ClN4O2. The van der Waals surface area contributed by atoms with E-state index >= 15 is 0 Å². The maximum absolute atomic E-state index is 12.5. The molecule has 6 nitrogen and oxygen atoms in total. The maximum Gasteiger partial charge on any atom is 0.410 e. The van der Waals surface area contributed by atoms with Crippen LogP contribution in [-0.4, -0.2) is 38.5 Å². The number of amides is 1. The molecule has 32 heavy (non-hydrogen) atoms. The topological polar surface area (TPSA) is 82.0 Å². The molecule has 1 aromatic carbocycles. The molecule has 0 aliphatic heterocycles. The number of carbonyl (C=O) groups is 1. The minimum Gasteiger partial charge on any atom is -0.444 e. The number of alkyl halides is 1. The Balaban J connectivity index is 1.74. The zero-order valence-corrected chi connectivity index (χ0v) is 19.7. The molecule has 0 radical (unpaired) electrons. The first-order valence-corrected chi connectivity index (χ1v) is 11.2. The average molecular weight is 453 g/mol. The van der Waals surface area contributed by atoms with Crippen molar-refractivity contribution in [1.29, 1.82) is 5.26 Å². The van der Waals surface area contributed by atoms with Gasteiger partial charge in [0, 0.05) is 18.5 Å². The number of imidazole rings is 1. The smallest absolute Gasteiger partial charge is 0.410 e. The Morgan fingerprint density at radius 3 is 2.62 bits per heavy atom. The molecule has 1 aliphatic rings. The molecule has 3 rings (SSSR count). The number of halogens is 1. The average Bonchev–Trinajstić information content (AvgIpc) is 3.21. The Morgan fingerprint density at radius 2 is 2.00 bits per heavy atom. The van der Waals surface area contributed by atoms with Crippen LogP contribution in [0.15, 0.2) is 48.2 Å². The third-order valence-electron chi connectivity index (χ3n) is 4.95. The zero-order chi connectivity index (χ0) is 23.3. The van der Waals surface area contributed by atoms with Crippen molar-refractivity contribution in [1.82, 2.24) is 14.9 Å². The van der Waals surface area contributed by atoms with Crippen molar-refractivity contribution in [2.24, 2.45) is 0 Å². The first-order chi connectivity index (χ1) is 15.2. The van der Waals surface area contributed by atoms with E-state index in [1.807, 2.05) is 64.1 Å². The van der Waals surface area contributed by atoms with Gasteiger partial charge in [0.15, 0.2) is 0 Å². The monoisotopic (exact) mass is 452 g/mol. The van der Waals surface area contributed by atoms with E-state index < -0.39 is 5.60 Å². The van der Waals surface area contributed by atoms with Crippen LogP contribution in [0.4, 0.5) is 4.79 Å². The Bertz CT molecular complexity index is 1050. The summed E-state index contributed by atoms with van der Waals surface area (Å²) in [5.41, 5.74) is 3.88. The summed E-state index contributed by atoms with van der Waals surface area (Å²) >= 11 is 6.14. The number of aromatic nitrogens is 2. The van der Waals surface area contributed by atoms with Crippen molar-refractivity contribution in [3.05, 3.63) is 59.6 Å². The Labute approximate surface area is 194 Å². The minimum absolute atomic E-state index is 0.135. The van der Waals surface area contributed by atoms with Gasteiger partial charge in [0.05, 0.1) is 29.9 Å². The summed E-state index contributed by atoms with van der Waals surface area (Å²) in [5.74, 6) is 0.696. The fraction of sp³-hybridized carbons (Fsp3) is 0.400. The molecule has 0 saturated carbocycles. The van der Waals surface area contributed by atoms with Crippen molar-refractivity contribution in [3.63, 3.8) is 0 Å². The highest BCUT2D eigenvalue weighted by Gasteiger charge is 2.22. The van der Waals surface area contributed by atoms with E-state index in [1.165, 1.54) is 0 Å². The van der Waals surface area contributed by atoms with E-state index in [2.05, 4.69) is 16.0 Å². The predicted molar refractivity (Wildman–Crippen MR) is 127 cm³/mol. The number of nitriles is 1. The fourth-order valence-electron chi connectivity index (χ4n) is 3.48. The summed E-state index contributed by atoms with van der Waals surface area (Å²) in [4.78, 5) is 21.9. The number of rotatable bonds is 6. The summed E-state index contributed by atoms with van der Waals surface area (Å²) in [6.07, 6.45) is 6.63. The molecule has 1 atom stereocenters. The second kappa shape index (κ2) is 10.1. The van der Waals surface area contributed by atoms with Gasteiger partial charge >= 0.3 is 6.09 Å². The lowest BCUT2D eigenvalue weighted by molar-refractivity contribution is 0.0229. The first-order valence-electron chi connectivity index (χ1n) is 10.8. The fourth-order valence-corrected chi connectivity index (χ4v) is 3.71. The number of allylic oxidation sites excluding steroid dienone is 4. The highest BCUT2D eigenvalue weighted by molar-refractivity contribution is 6.22. The second-order valence-electron chi connectivity index (χ2n) is 8.81. The molecule has 7 heteroatoms. The van der Waals surface area contributed by atoms with E-state index in [4.69, 9.17) is 16.3 Å². The summed E-state index contributed by atoms with van der Waals surface area (Å²) in [5, 5.41) is 9.30. The second-order valence-corrected chi connectivity index (χ2v) is 9.37. The Kier molecular flexibility index (Phi) is 7.42. The Hall–Kier alpha value is -3.04. The number of benzene rings is 1. The molecule has 1 aliphatic carbocycles. The van der Waals surface area contributed by atoms with Crippen LogP contribution in [0.2, 0.25) is 0 Å². The van der Waals surface area contributed by atoms with Crippen LogP contribution in [0.5, 0.6) is 0 Å². The largest absolute Gasteiger partial charge is 0.444 e. The van der Waals surface area contributed by atoms with Crippen LogP contribution in [0.3, 0.4) is 0 Å². The SMILES string of the molecule is CCCN(Cc1ncc(-c2ccc(C3=C(C#N)CC(Cl)C=C3)cc2)[nH]1)C(=O)OC(C)(C)C. The number of carbonyl (C=O) groups excluding carboxylic acids is 1. The van der Waals surface area contributed by atoms with Gasteiger partial charge in [0.2, 0.25) is 0 Å². The summed E-state index contributed by atoms with van der Waals surface area (Å²) < 4.78 is 5.52. The molecule has 1 unspecified atom stereocenters. The molecule has 2 aromatic rings. The lowest BCUT2D eigenvalue weighted by Crippen LogP contribution is -2.37. The number of H-pyrrole nitrogens is 1. The highest BCUT2D eigenvalue weighted by Crippen LogP contribution is 2.30. The van der Waals surface area contributed by atoms with Crippen LogP contribution in [0.25, 0.3) is 16.8 Å². The summed E-state index contributed by atoms with van der Waals surface area (Å²) in [7, 11) is 0. The third-order valence-corrected chi connectivity index (χ3v) is 5.25. The summed E-state index contributed by atoms with van der Waals surface area (Å²) in [6.45, 7) is 8.54. The lowest BCUT2D eigenvalue weighted by atomic mass is 9.92. The predicted octanol–water partition coefficient (Wildman–Crippen LogP) is 6.07. The molecule has 0 fully saturated rings. The van der Waals surface area contributed by atoms with Crippen molar-refractivity contribution in [2.45, 2.75) is 58.1 Å². The van der Waals surface area contributed by atoms with Crippen molar-refractivity contribution in [3.8, 4) is 17.3 Å². The van der Waals surface area contributed by atoms with Crippen molar-refractivity contribution >= 4 is 23.3 Å². The highest BCUT2D eigenvalue weighted by atomic mass is 35.5. The molecule has 0 saturated heterocycles. The normalized spacial score (nSPS) is 16.1. The van der Waals surface area contributed by atoms with Gasteiger partial charge in [-0.25, -0.2) is 9.78 Å². The number of ether oxygens (including phenoxy) is 1. The van der Waals surface area contributed by atoms with Crippen molar-refractivity contribution < 1.29 is 9.53 Å². The molecule has 0 bridgehead atoms. The van der Waals surface area contributed by atoms with E-state index in [1.54, 1.807) is 11.1 Å². The van der Waals surface area contributed by atoms with E-state index in [-0.39, 0.29) is 11.5 Å². The van der Waals surface area contributed by atoms with Gasteiger partial charge in [0.1, 0.15) is 11.4 Å². The van der Waals surface area contributed by atoms with E-state index in [9.17, 15) is 10.1 Å². The number of nitrogens with zero attached hydrogens (tertiary/aromatic N) is 3. The lowest BCUT2D eigenvalue weighted by Gasteiger charge is -2.26.